The zero-order chi connectivity index (χ0) is 7.11. The molecule has 9 heavy (non-hydrogen) atoms. The van der Waals surface area contributed by atoms with Gasteiger partial charge in [0.1, 0.15) is 0 Å². The molecule has 0 unspecified atom stereocenters. The van der Waals surface area contributed by atoms with Crippen LogP contribution in [0.3, 0.4) is 0 Å². The lowest BCUT2D eigenvalue weighted by Gasteiger charge is -2.21. The molecule has 0 atom stereocenters. The number of ether oxygens (including phenoxy) is 1. The average molecular weight is 132 g/mol. The molecule has 1 heterocycles. The maximum absolute atomic E-state index is 7.50. The molecule has 0 saturated carbocycles. The standard InChI is InChI=1S/C5H11NO.HNO/c1-6-2-4-7-5-3-6;1-2/h2-5H2,1H3;1H. The Balaban J connectivity index is 0.000000291. The third kappa shape index (κ3) is 4.05. The second-order valence-corrected chi connectivity index (χ2v) is 1.92. The van der Waals surface area contributed by atoms with Gasteiger partial charge in [-0.3, -0.25) is 0 Å². The number of nitrogens with zero attached hydrogens (tertiary/aromatic N) is 1. The van der Waals surface area contributed by atoms with Gasteiger partial charge in [0.05, 0.1) is 13.2 Å². The number of rotatable bonds is 0. The maximum atomic E-state index is 7.50. The smallest absolute Gasteiger partial charge is 0.0594 e. The minimum Gasteiger partial charge on any atom is -0.379 e. The van der Waals surface area contributed by atoms with Gasteiger partial charge in [0.25, 0.3) is 0 Å². The van der Waals surface area contributed by atoms with E-state index in [1.807, 2.05) is 0 Å². The van der Waals surface area contributed by atoms with E-state index in [4.69, 9.17) is 9.64 Å². The van der Waals surface area contributed by atoms with Crippen LogP contribution >= 0.6 is 0 Å². The van der Waals surface area contributed by atoms with E-state index in [2.05, 4.69) is 17.5 Å². The molecule has 0 aromatic rings. The Morgan fingerprint density at radius 2 is 1.78 bits per heavy atom. The van der Waals surface area contributed by atoms with Gasteiger partial charge in [0.2, 0.25) is 0 Å². The van der Waals surface area contributed by atoms with Crippen LogP contribution in [0.15, 0.2) is 0 Å². The van der Waals surface area contributed by atoms with E-state index in [0.717, 1.165) is 26.3 Å². The highest BCUT2D eigenvalue weighted by atomic mass is 16.5. The van der Waals surface area contributed by atoms with Gasteiger partial charge in [-0.2, -0.15) is 4.91 Å². The van der Waals surface area contributed by atoms with Gasteiger partial charge in [-0.1, -0.05) is 5.59 Å². The number of morpholine rings is 1. The van der Waals surface area contributed by atoms with E-state index in [1.54, 1.807) is 0 Å². The summed E-state index contributed by atoms with van der Waals surface area (Å²) in [5.74, 6) is 0. The van der Waals surface area contributed by atoms with Crippen LogP contribution in [0, 0.1) is 10.5 Å². The lowest BCUT2D eigenvalue weighted by Crippen LogP contribution is -2.32. The summed E-state index contributed by atoms with van der Waals surface area (Å²) in [7, 11) is 2.11. The van der Waals surface area contributed by atoms with Crippen molar-refractivity contribution in [3.63, 3.8) is 0 Å². The van der Waals surface area contributed by atoms with Crippen LogP contribution < -0.4 is 0 Å². The minimum atomic E-state index is 0.913. The lowest BCUT2D eigenvalue weighted by molar-refractivity contribution is 0.0503. The normalized spacial score (nSPS) is 20.1. The first-order valence-electron chi connectivity index (χ1n) is 2.86. The van der Waals surface area contributed by atoms with Crippen LogP contribution in [0.4, 0.5) is 0 Å². The Bertz CT molecular complexity index is 64.0. The second-order valence-electron chi connectivity index (χ2n) is 1.92. The number of nitrogens with one attached hydrogen (secondary N) is 1. The Morgan fingerprint density at radius 1 is 1.33 bits per heavy atom. The maximum Gasteiger partial charge on any atom is 0.0594 e. The molecule has 1 saturated heterocycles. The quantitative estimate of drug-likeness (QED) is 0.482. The highest BCUT2D eigenvalue weighted by Gasteiger charge is 2.02. The van der Waals surface area contributed by atoms with Crippen LogP contribution in [0.25, 0.3) is 0 Å². The van der Waals surface area contributed by atoms with Crippen molar-refractivity contribution in [2.24, 2.45) is 0 Å². The number of hydrogen-bond donors (Lipinski definition) is 1. The number of nitroso groups, excluding NO2 is 1. The van der Waals surface area contributed by atoms with Gasteiger partial charge in [0, 0.05) is 13.1 Å². The van der Waals surface area contributed by atoms with Crippen LogP contribution in [-0.2, 0) is 4.74 Å². The number of likely N-dealkylation sites (N-methyl/N-ethyl adjacent to an activating group) is 1. The molecular formula is C5H12N2O2. The van der Waals surface area contributed by atoms with E-state index in [1.165, 1.54) is 0 Å². The van der Waals surface area contributed by atoms with Gasteiger partial charge in [-0.25, -0.2) is 0 Å². The third-order valence-corrected chi connectivity index (χ3v) is 1.23. The molecule has 0 radical (unpaired) electrons. The van der Waals surface area contributed by atoms with Crippen molar-refractivity contribution in [1.82, 2.24) is 4.90 Å². The van der Waals surface area contributed by atoms with Gasteiger partial charge in [-0.05, 0) is 7.05 Å². The molecule has 4 heteroatoms. The van der Waals surface area contributed by atoms with Gasteiger partial charge >= 0.3 is 0 Å². The average Bonchev–Trinajstić information content (AvgIpc) is 1.94. The minimum absolute atomic E-state index is 0.913. The van der Waals surface area contributed by atoms with E-state index >= 15 is 0 Å². The molecule has 4 nitrogen and oxygen atoms in total. The Kier molecular flexibility index (Phi) is 5.35. The summed E-state index contributed by atoms with van der Waals surface area (Å²) in [4.78, 5) is 9.77. The summed E-state index contributed by atoms with van der Waals surface area (Å²) >= 11 is 0. The van der Waals surface area contributed by atoms with Crippen molar-refractivity contribution in [2.45, 2.75) is 0 Å². The molecule has 1 fully saturated rings. The zero-order valence-corrected chi connectivity index (χ0v) is 5.59. The Hall–Kier alpha value is -0.480. The largest absolute Gasteiger partial charge is 0.379 e. The lowest BCUT2D eigenvalue weighted by atomic mass is 10.5. The molecule has 54 valence electrons. The first-order chi connectivity index (χ1) is 4.39. The molecule has 0 bridgehead atoms. The topological polar surface area (TPSA) is 53.4 Å². The molecule has 1 aliphatic heterocycles. The van der Waals surface area contributed by atoms with Crippen LogP contribution in [0.2, 0.25) is 0 Å². The first-order valence-corrected chi connectivity index (χ1v) is 2.86. The summed E-state index contributed by atoms with van der Waals surface area (Å²) < 4.78 is 5.10. The van der Waals surface area contributed by atoms with Crippen molar-refractivity contribution < 1.29 is 4.74 Å². The molecule has 1 aliphatic rings. The van der Waals surface area contributed by atoms with Gasteiger partial charge < -0.3 is 9.64 Å². The second kappa shape index (κ2) is 5.65. The predicted molar refractivity (Wildman–Crippen MR) is 34.4 cm³/mol. The molecule has 0 spiro atoms. The van der Waals surface area contributed by atoms with Crippen LogP contribution in [0.5, 0.6) is 0 Å². The fourth-order valence-electron chi connectivity index (χ4n) is 0.655. The highest BCUT2D eigenvalue weighted by molar-refractivity contribution is 4.53. The summed E-state index contributed by atoms with van der Waals surface area (Å²) in [6.07, 6.45) is 0. The molecule has 0 amide bonds. The summed E-state index contributed by atoms with van der Waals surface area (Å²) in [5, 5.41) is 0. The molecular weight excluding hydrogens is 120 g/mol. The van der Waals surface area contributed by atoms with Crippen molar-refractivity contribution in [3.8, 4) is 0 Å². The van der Waals surface area contributed by atoms with Gasteiger partial charge in [0.15, 0.2) is 0 Å². The first kappa shape index (κ1) is 8.52. The van der Waals surface area contributed by atoms with Crippen LogP contribution in [-0.4, -0.2) is 38.3 Å². The Labute approximate surface area is 54.6 Å². The Morgan fingerprint density at radius 3 is 2.00 bits per heavy atom. The monoisotopic (exact) mass is 132 g/mol. The number of hydrogen-bond acceptors (Lipinski definition) is 4. The van der Waals surface area contributed by atoms with Crippen molar-refractivity contribution in [1.29, 1.82) is 5.59 Å². The fourth-order valence-corrected chi connectivity index (χ4v) is 0.655. The molecule has 1 N–H and O–H groups in total. The summed E-state index contributed by atoms with van der Waals surface area (Å²) in [6.45, 7) is 4.02. The van der Waals surface area contributed by atoms with E-state index in [-0.39, 0.29) is 0 Å². The van der Waals surface area contributed by atoms with Crippen molar-refractivity contribution in [3.05, 3.63) is 4.91 Å². The fraction of sp³-hybridized carbons (Fsp3) is 1.00. The summed E-state index contributed by atoms with van der Waals surface area (Å²) in [5.41, 5.74) is 4.50. The highest BCUT2D eigenvalue weighted by Crippen LogP contribution is 1.89. The van der Waals surface area contributed by atoms with Crippen LogP contribution in [0.1, 0.15) is 0 Å². The molecule has 0 aliphatic carbocycles. The van der Waals surface area contributed by atoms with Gasteiger partial charge in [-0.15, -0.1) is 0 Å². The summed E-state index contributed by atoms with van der Waals surface area (Å²) in [6, 6.07) is 0. The molecule has 1 rings (SSSR count). The van der Waals surface area contributed by atoms with E-state index in [0.29, 0.717) is 0 Å². The molecule has 0 aromatic heterocycles. The zero-order valence-electron chi connectivity index (χ0n) is 5.59. The SMILES string of the molecule is CN1CCOCC1.N=O. The van der Waals surface area contributed by atoms with E-state index in [9.17, 15) is 0 Å². The molecule has 0 aromatic carbocycles. The van der Waals surface area contributed by atoms with Crippen molar-refractivity contribution in [2.75, 3.05) is 33.4 Å². The van der Waals surface area contributed by atoms with Crippen molar-refractivity contribution >= 4 is 0 Å². The predicted octanol–water partition coefficient (Wildman–Crippen LogP) is 0.280. The third-order valence-electron chi connectivity index (χ3n) is 1.23. The van der Waals surface area contributed by atoms with E-state index < -0.39 is 0 Å².